The number of nitrogens with zero attached hydrogens (tertiary/aromatic N) is 1. The molecule has 4 rings (SSSR count). The van der Waals surface area contributed by atoms with E-state index in [1.165, 1.54) is 0 Å². The first kappa shape index (κ1) is 34.7. The van der Waals surface area contributed by atoms with Crippen molar-refractivity contribution in [3.05, 3.63) is 84.9 Å². The summed E-state index contributed by atoms with van der Waals surface area (Å²) < 4.78 is 58.6. The quantitative estimate of drug-likeness (QED) is 0.329. The van der Waals surface area contributed by atoms with Gasteiger partial charge in [0.05, 0.1) is 18.3 Å². The summed E-state index contributed by atoms with van der Waals surface area (Å²) in [6, 6.07) is 8.14. The van der Waals surface area contributed by atoms with Crippen LogP contribution in [-0.4, -0.2) is 30.0 Å². The van der Waals surface area contributed by atoms with Gasteiger partial charge in [0.1, 0.15) is 5.82 Å². The van der Waals surface area contributed by atoms with Crippen LogP contribution in [0.25, 0.3) is 0 Å². The topological polar surface area (TPSA) is 41.6 Å². The number of benzene rings is 2. The maximum absolute atomic E-state index is 13.7. The molecule has 2 aliphatic rings. The molecule has 1 saturated heterocycles. The summed E-state index contributed by atoms with van der Waals surface area (Å²) in [5.41, 5.74) is 1.75. The van der Waals surface area contributed by atoms with E-state index < -0.39 is 17.6 Å². The fourth-order valence-corrected chi connectivity index (χ4v) is 3.82. The molecule has 2 aliphatic heterocycles. The average Bonchev–Trinajstić information content (AvgIpc) is 3.03. The molecule has 0 saturated carbocycles. The first-order valence-corrected chi connectivity index (χ1v) is 9.34. The Bertz CT molecular complexity index is 957. The zero-order chi connectivity index (χ0) is 20.8. The van der Waals surface area contributed by atoms with Gasteiger partial charge in [-0.3, -0.25) is 9.69 Å². The summed E-state index contributed by atoms with van der Waals surface area (Å²) in [5, 5.41) is 2.77. The molecule has 10 heteroatoms. The third-order valence-electron chi connectivity index (χ3n) is 5.42. The molecule has 2 aromatic carbocycles. The molecule has 2 atom stereocenters. The number of alkyl halides is 3. The monoisotopic (exact) mass is 704 g/mol. The van der Waals surface area contributed by atoms with Gasteiger partial charge in [0.25, 0.3) is 5.91 Å². The van der Waals surface area contributed by atoms with Gasteiger partial charge in [-0.15, -0.1) is 0 Å². The Labute approximate surface area is 310 Å². The minimum Gasteiger partial charge on any atom is -0.371 e. The molecule has 0 aromatic heterocycles. The van der Waals surface area contributed by atoms with Crippen molar-refractivity contribution in [2.24, 2.45) is 0 Å². The average molecular weight is 704 g/mol. The Morgan fingerprint density at radius 2 is 1.82 bits per heavy atom. The third kappa shape index (κ3) is 8.59. The Morgan fingerprint density at radius 1 is 1.12 bits per heavy atom. The van der Waals surface area contributed by atoms with Crippen LogP contribution >= 0.6 is 0 Å². The van der Waals surface area contributed by atoms with Crippen LogP contribution in [0, 0.1) is 20.7 Å². The molecule has 2 aromatic rings. The Hall–Kier alpha value is 1.65. The molecule has 170 valence electrons. The largest absolute Gasteiger partial charge is 1.00 e. The van der Waals surface area contributed by atoms with Gasteiger partial charge >= 0.3 is 144 Å². The number of ether oxygens (including phenoxy) is 1. The predicted octanol–water partition coefficient (Wildman–Crippen LogP) is -1.04. The second-order valence-corrected chi connectivity index (χ2v) is 7.55. The molecule has 1 amide bonds. The Kier molecular flexibility index (Phi) is 15.3. The minimum atomic E-state index is -4.59. The molecule has 0 bridgehead atoms. The van der Waals surface area contributed by atoms with Crippen LogP contribution in [0.15, 0.2) is 36.4 Å². The summed E-state index contributed by atoms with van der Waals surface area (Å²) in [6.45, 7) is 3.44. The van der Waals surface area contributed by atoms with E-state index in [0.29, 0.717) is 31.3 Å². The van der Waals surface area contributed by atoms with Gasteiger partial charge in [-0.1, -0.05) is 12.1 Å². The third-order valence-corrected chi connectivity index (χ3v) is 5.42. The number of carbonyl (C=O) groups is 1. The van der Waals surface area contributed by atoms with Crippen LogP contribution in [0.3, 0.4) is 0 Å². The normalized spacial score (nSPS) is 19.7. The number of carbonyl (C=O) groups excluding carboxylic acids is 1. The van der Waals surface area contributed by atoms with E-state index >= 15 is 0 Å². The molecule has 2 unspecified atom stereocenters. The van der Waals surface area contributed by atoms with E-state index in [9.17, 15) is 22.4 Å². The van der Waals surface area contributed by atoms with Crippen molar-refractivity contribution in [3.8, 4) is 0 Å². The number of morpholine rings is 1. The van der Waals surface area contributed by atoms with E-state index in [1.807, 2.05) is 24.0 Å². The van der Waals surface area contributed by atoms with E-state index in [-0.39, 0.29) is 183 Å². The zero-order valence-corrected chi connectivity index (χ0v) is 32.3. The minimum absolute atomic E-state index is 0. The van der Waals surface area contributed by atoms with Crippen molar-refractivity contribution in [1.82, 2.24) is 10.2 Å². The number of halogens is 4. The van der Waals surface area contributed by atoms with E-state index in [0.717, 1.165) is 23.3 Å². The first-order chi connectivity index (χ1) is 13.7. The van der Waals surface area contributed by atoms with E-state index in [2.05, 4.69) is 5.32 Å². The number of amides is 1. The summed E-state index contributed by atoms with van der Waals surface area (Å²) in [7, 11) is 0. The smallest absolute Gasteiger partial charge is 0.371 e. The van der Waals surface area contributed by atoms with Gasteiger partial charge in [0, 0.05) is 31.2 Å². The Morgan fingerprint density at radius 3 is 2.48 bits per heavy atom. The van der Waals surface area contributed by atoms with E-state index in [4.69, 9.17) is 4.74 Å². The van der Waals surface area contributed by atoms with Crippen LogP contribution in [0.2, 0.25) is 0 Å². The van der Waals surface area contributed by atoms with Crippen LogP contribution in [0.1, 0.15) is 45.6 Å². The van der Waals surface area contributed by atoms with Crippen molar-refractivity contribution >= 4 is 5.91 Å². The summed E-state index contributed by atoms with van der Waals surface area (Å²) in [6.07, 6.45) is -4.87. The van der Waals surface area contributed by atoms with Crippen LogP contribution in [0.5, 0.6) is 0 Å². The van der Waals surface area contributed by atoms with Crippen molar-refractivity contribution < 1.29 is 165 Å². The fourth-order valence-electron chi connectivity index (χ4n) is 3.82. The molecule has 0 spiro atoms. The zero-order valence-electron chi connectivity index (χ0n) is 19.7. The number of hydrogen-bond donors (Lipinski definition) is 1. The van der Waals surface area contributed by atoms with Gasteiger partial charge in [0.2, 0.25) is 0 Å². The maximum atomic E-state index is 13.7. The molecule has 1 N–H and O–H groups in total. The van der Waals surface area contributed by atoms with Crippen LogP contribution in [-0.2, 0) is 24.0 Å². The van der Waals surface area contributed by atoms with Crippen molar-refractivity contribution in [2.75, 3.05) is 13.2 Å². The van der Waals surface area contributed by atoms with Gasteiger partial charge in [-0.05, 0) is 47.9 Å². The van der Waals surface area contributed by atoms with E-state index in [1.54, 1.807) is 6.07 Å². The van der Waals surface area contributed by atoms with Crippen LogP contribution < -0.4 is 143 Å². The standard InChI is InChI=1S/C21H20F4N2O2.2CH3.2Cs/c1-12-11-29-19(14-2-3-18-15(6-14)8-26-20(18)28)10-27(12)9-13-4-16(21(23,24)25)7-17(22)5-13;;;;/h2-7,12,19H,8-11H2,1H3,(H,26,28);2*1H3;;/q;2*-1;2*+1. The second-order valence-electron chi connectivity index (χ2n) is 7.55. The van der Waals surface area contributed by atoms with Crippen molar-refractivity contribution in [2.45, 2.75) is 38.3 Å². The predicted molar refractivity (Wildman–Crippen MR) is 110 cm³/mol. The molecular formula is C23H26Cs2F4N2O2. The summed E-state index contributed by atoms with van der Waals surface area (Å²) >= 11 is 0. The van der Waals surface area contributed by atoms with Gasteiger partial charge in [-0.25, -0.2) is 4.39 Å². The number of hydrogen-bond acceptors (Lipinski definition) is 3. The fraction of sp³-hybridized carbons (Fsp3) is 0.348. The number of nitrogens with one attached hydrogen (secondary N) is 1. The molecular weight excluding hydrogens is 678 g/mol. The van der Waals surface area contributed by atoms with Crippen molar-refractivity contribution in [3.63, 3.8) is 0 Å². The summed E-state index contributed by atoms with van der Waals surface area (Å²) in [4.78, 5) is 13.7. The number of rotatable bonds is 3. The second kappa shape index (κ2) is 14.6. The SMILES string of the molecule is CC1COC(c2ccc3c(c2)CNC3=O)CN1Cc1cc(F)cc(C(F)(F)F)c1.[CH3-].[CH3-].[Cs+].[Cs+]. The maximum Gasteiger partial charge on any atom is 1.00 e. The first-order valence-electron chi connectivity index (χ1n) is 9.34. The molecule has 1 fully saturated rings. The molecule has 4 nitrogen and oxygen atoms in total. The number of fused-ring (bicyclic) bond motifs is 1. The summed E-state index contributed by atoms with van der Waals surface area (Å²) in [5.74, 6) is -0.999. The van der Waals surface area contributed by atoms with Gasteiger partial charge in [0.15, 0.2) is 0 Å². The molecule has 33 heavy (non-hydrogen) atoms. The molecule has 2 heterocycles. The molecule has 0 radical (unpaired) electrons. The van der Waals surface area contributed by atoms with Gasteiger partial charge in [-0.2, -0.15) is 13.2 Å². The van der Waals surface area contributed by atoms with Crippen LogP contribution in [0.4, 0.5) is 17.6 Å². The van der Waals surface area contributed by atoms with Crippen molar-refractivity contribution in [1.29, 1.82) is 0 Å². The molecule has 0 aliphatic carbocycles. The van der Waals surface area contributed by atoms with Gasteiger partial charge < -0.3 is 24.9 Å². The Balaban J connectivity index is 0.00000256.